The maximum Gasteiger partial charge on any atom is 0.237 e. The minimum atomic E-state index is 0.510. The number of nitrogens with zero attached hydrogens (tertiary/aromatic N) is 6. The Morgan fingerprint density at radius 2 is 2.07 bits per heavy atom. The molecule has 0 amide bonds. The highest BCUT2D eigenvalue weighted by atomic mass is 35.5. The molecule has 1 aliphatic heterocycles. The van der Waals surface area contributed by atoms with Gasteiger partial charge in [-0.1, -0.05) is 34.6 Å². The summed E-state index contributed by atoms with van der Waals surface area (Å²) in [5, 5.41) is 18.4. The Balaban J connectivity index is 1.42. The van der Waals surface area contributed by atoms with Crippen molar-refractivity contribution in [3.63, 3.8) is 0 Å². The number of hydrogen-bond donors (Lipinski definition) is 0. The molecule has 7 nitrogen and oxygen atoms in total. The SMILES string of the molecule is Clc1cccc(-n2c(SCc3nc(-c4ccsc4)no3)nnc2N2CCCC2)c1. The Bertz CT molecular complexity index is 1100. The third-order valence-electron chi connectivity index (χ3n) is 4.64. The van der Waals surface area contributed by atoms with Crippen LogP contribution in [0.4, 0.5) is 5.95 Å². The van der Waals surface area contributed by atoms with Crippen LogP contribution in [0.5, 0.6) is 0 Å². The summed E-state index contributed by atoms with van der Waals surface area (Å²) in [5.74, 6) is 2.52. The molecule has 0 N–H and O–H groups in total. The molecule has 0 bridgehead atoms. The van der Waals surface area contributed by atoms with Crippen LogP contribution in [0, 0.1) is 0 Å². The van der Waals surface area contributed by atoms with E-state index in [2.05, 4.69) is 29.8 Å². The van der Waals surface area contributed by atoms with Gasteiger partial charge < -0.3 is 9.42 Å². The molecule has 0 aliphatic carbocycles. The van der Waals surface area contributed by atoms with Crippen LogP contribution in [0.25, 0.3) is 17.1 Å². The van der Waals surface area contributed by atoms with E-state index >= 15 is 0 Å². The molecule has 1 aromatic carbocycles. The summed E-state index contributed by atoms with van der Waals surface area (Å²) in [6.07, 6.45) is 2.33. The average molecular weight is 445 g/mol. The van der Waals surface area contributed by atoms with E-state index in [1.165, 1.54) is 11.8 Å². The van der Waals surface area contributed by atoms with Crippen molar-refractivity contribution < 1.29 is 4.52 Å². The van der Waals surface area contributed by atoms with Crippen LogP contribution in [-0.4, -0.2) is 38.0 Å². The van der Waals surface area contributed by atoms with Gasteiger partial charge in [-0.3, -0.25) is 4.57 Å². The first-order valence-corrected chi connectivity index (χ1v) is 11.5. The molecule has 1 saturated heterocycles. The summed E-state index contributed by atoms with van der Waals surface area (Å²) >= 11 is 9.37. The molecule has 1 aliphatic rings. The van der Waals surface area contributed by atoms with Crippen molar-refractivity contribution in [2.24, 2.45) is 0 Å². The lowest BCUT2D eigenvalue weighted by atomic mass is 10.3. The zero-order chi connectivity index (χ0) is 19.6. The second kappa shape index (κ2) is 8.17. The van der Waals surface area contributed by atoms with E-state index < -0.39 is 0 Å². The quantitative estimate of drug-likeness (QED) is 0.390. The van der Waals surface area contributed by atoms with Crippen LogP contribution in [0.2, 0.25) is 5.02 Å². The highest BCUT2D eigenvalue weighted by Crippen LogP contribution is 2.31. The van der Waals surface area contributed by atoms with Crippen LogP contribution in [0.15, 0.2) is 50.8 Å². The van der Waals surface area contributed by atoms with Crippen LogP contribution in [0.1, 0.15) is 18.7 Å². The lowest BCUT2D eigenvalue weighted by Crippen LogP contribution is -2.22. The molecule has 0 radical (unpaired) electrons. The molecule has 0 atom stereocenters. The van der Waals surface area contributed by atoms with Crippen LogP contribution < -0.4 is 4.90 Å². The fourth-order valence-corrected chi connectivity index (χ4v) is 4.87. The first-order valence-electron chi connectivity index (χ1n) is 9.22. The summed E-state index contributed by atoms with van der Waals surface area (Å²) < 4.78 is 7.47. The van der Waals surface area contributed by atoms with Crippen molar-refractivity contribution in [3.8, 4) is 17.1 Å². The second-order valence-electron chi connectivity index (χ2n) is 6.60. The van der Waals surface area contributed by atoms with Gasteiger partial charge in [0.15, 0.2) is 5.16 Å². The molecular weight excluding hydrogens is 428 g/mol. The lowest BCUT2D eigenvalue weighted by molar-refractivity contribution is 0.391. The standard InChI is InChI=1S/C19H17ClN6OS2/c20-14-4-3-5-15(10-14)26-18(25-7-1-2-8-25)22-23-19(26)29-12-16-21-17(24-27-16)13-6-9-28-11-13/h3-6,9-11H,1-2,7-8,12H2. The summed E-state index contributed by atoms with van der Waals surface area (Å²) in [5.41, 5.74) is 1.91. The van der Waals surface area contributed by atoms with Gasteiger partial charge in [0, 0.05) is 29.1 Å². The fraction of sp³-hybridized carbons (Fsp3) is 0.263. The van der Waals surface area contributed by atoms with E-state index in [-0.39, 0.29) is 0 Å². The Hall–Kier alpha value is -2.36. The Morgan fingerprint density at radius 3 is 2.86 bits per heavy atom. The van der Waals surface area contributed by atoms with Gasteiger partial charge in [-0.25, -0.2) is 0 Å². The predicted molar refractivity (Wildman–Crippen MR) is 115 cm³/mol. The molecule has 0 saturated carbocycles. The third kappa shape index (κ3) is 3.90. The number of hydrogen-bond acceptors (Lipinski definition) is 8. The van der Waals surface area contributed by atoms with Crippen molar-refractivity contribution >= 4 is 40.6 Å². The highest BCUT2D eigenvalue weighted by molar-refractivity contribution is 7.98. The summed E-state index contributed by atoms with van der Waals surface area (Å²) in [6.45, 7) is 1.97. The number of halogens is 1. The number of thiophene rings is 1. The predicted octanol–water partition coefficient (Wildman–Crippen LogP) is 4.92. The van der Waals surface area contributed by atoms with Crippen molar-refractivity contribution in [1.82, 2.24) is 24.9 Å². The van der Waals surface area contributed by atoms with Gasteiger partial charge in [-0.2, -0.15) is 16.3 Å². The molecule has 0 spiro atoms. The van der Waals surface area contributed by atoms with E-state index in [1.807, 2.05) is 41.1 Å². The molecule has 0 unspecified atom stereocenters. The number of aromatic nitrogens is 5. The molecule has 29 heavy (non-hydrogen) atoms. The molecule has 5 rings (SSSR count). The lowest BCUT2D eigenvalue weighted by Gasteiger charge is -2.18. The van der Waals surface area contributed by atoms with Gasteiger partial charge in [-0.15, -0.1) is 10.2 Å². The van der Waals surface area contributed by atoms with Crippen molar-refractivity contribution in [1.29, 1.82) is 0 Å². The van der Waals surface area contributed by atoms with Crippen LogP contribution in [-0.2, 0) is 5.75 Å². The smallest absolute Gasteiger partial charge is 0.237 e. The molecule has 3 aromatic heterocycles. The average Bonchev–Trinajstić information content (AvgIpc) is 3.53. The minimum Gasteiger partial charge on any atom is -0.341 e. The Kier molecular flexibility index (Phi) is 5.26. The van der Waals surface area contributed by atoms with E-state index in [4.69, 9.17) is 16.1 Å². The second-order valence-corrected chi connectivity index (χ2v) is 8.76. The van der Waals surface area contributed by atoms with E-state index in [0.717, 1.165) is 48.3 Å². The zero-order valence-corrected chi connectivity index (χ0v) is 17.8. The number of thioether (sulfide) groups is 1. The van der Waals surface area contributed by atoms with Gasteiger partial charge in [0.05, 0.1) is 11.4 Å². The van der Waals surface area contributed by atoms with Crippen molar-refractivity contribution in [3.05, 3.63) is 52.0 Å². The molecular formula is C19H17ClN6OS2. The van der Waals surface area contributed by atoms with Gasteiger partial charge in [0.25, 0.3) is 0 Å². The van der Waals surface area contributed by atoms with Gasteiger partial charge in [0.1, 0.15) is 0 Å². The Morgan fingerprint density at radius 1 is 1.17 bits per heavy atom. The molecule has 10 heteroatoms. The van der Waals surface area contributed by atoms with E-state index in [1.54, 1.807) is 11.3 Å². The molecule has 148 valence electrons. The molecule has 4 heterocycles. The van der Waals surface area contributed by atoms with Crippen LogP contribution >= 0.6 is 34.7 Å². The van der Waals surface area contributed by atoms with E-state index in [9.17, 15) is 0 Å². The summed E-state index contributed by atoms with van der Waals surface area (Å²) in [6, 6.07) is 9.72. The fourth-order valence-electron chi connectivity index (χ4n) is 3.27. The maximum absolute atomic E-state index is 6.24. The monoisotopic (exact) mass is 444 g/mol. The van der Waals surface area contributed by atoms with E-state index in [0.29, 0.717) is 22.5 Å². The van der Waals surface area contributed by atoms with Crippen molar-refractivity contribution in [2.45, 2.75) is 23.8 Å². The maximum atomic E-state index is 6.24. The number of anilines is 1. The third-order valence-corrected chi connectivity index (χ3v) is 6.48. The number of rotatable bonds is 6. The van der Waals surface area contributed by atoms with Crippen LogP contribution in [0.3, 0.4) is 0 Å². The topological polar surface area (TPSA) is 72.9 Å². The number of benzene rings is 1. The largest absolute Gasteiger partial charge is 0.341 e. The van der Waals surface area contributed by atoms with Gasteiger partial charge in [-0.05, 0) is 42.5 Å². The normalized spacial score (nSPS) is 14.0. The first kappa shape index (κ1) is 18.7. The summed E-state index contributed by atoms with van der Waals surface area (Å²) in [4.78, 5) is 6.75. The molecule has 4 aromatic rings. The Labute approximate surface area is 180 Å². The highest BCUT2D eigenvalue weighted by Gasteiger charge is 2.23. The van der Waals surface area contributed by atoms with Crippen molar-refractivity contribution in [2.75, 3.05) is 18.0 Å². The van der Waals surface area contributed by atoms with Gasteiger partial charge >= 0.3 is 0 Å². The minimum absolute atomic E-state index is 0.510. The first-order chi connectivity index (χ1) is 14.3. The van der Waals surface area contributed by atoms with Gasteiger partial charge in [0.2, 0.25) is 17.7 Å². The summed E-state index contributed by atoms with van der Waals surface area (Å²) in [7, 11) is 0. The zero-order valence-electron chi connectivity index (χ0n) is 15.4. The molecule has 1 fully saturated rings.